The summed E-state index contributed by atoms with van der Waals surface area (Å²) < 4.78 is 29.7. The minimum Gasteiger partial charge on any atom is -0.467 e. The predicted molar refractivity (Wildman–Crippen MR) is 170 cm³/mol. The molecule has 1 aliphatic carbocycles. The number of methoxy groups -OCH3 is 1. The number of ether oxygens (including phenoxy) is 5. The summed E-state index contributed by atoms with van der Waals surface area (Å²) in [5, 5.41) is 5.38. The highest BCUT2D eigenvalue weighted by atomic mass is 17.3. The molecule has 2 N–H and O–H groups in total. The first-order chi connectivity index (χ1) is 23.1. The van der Waals surface area contributed by atoms with Gasteiger partial charge in [0.2, 0.25) is 11.7 Å². The Labute approximate surface area is 281 Å². The van der Waals surface area contributed by atoms with E-state index in [-0.39, 0.29) is 37.4 Å². The number of hydrogen-bond donors (Lipinski definition) is 2. The van der Waals surface area contributed by atoms with Crippen LogP contribution in [-0.2, 0) is 56.1 Å². The van der Waals surface area contributed by atoms with Crippen LogP contribution in [0.25, 0.3) is 0 Å². The van der Waals surface area contributed by atoms with Crippen LogP contribution >= 0.6 is 0 Å². The van der Waals surface area contributed by atoms with Crippen molar-refractivity contribution in [2.24, 2.45) is 23.7 Å². The molecule has 12 heteroatoms. The normalized spacial score (nSPS) is 33.3. The third kappa shape index (κ3) is 7.09. The molecule has 260 valence electrons. The van der Waals surface area contributed by atoms with E-state index in [1.165, 1.54) is 7.11 Å². The molecule has 10 atom stereocenters. The van der Waals surface area contributed by atoms with Gasteiger partial charge in [-0.2, -0.15) is 0 Å². The first kappa shape index (κ1) is 34.3. The van der Waals surface area contributed by atoms with Gasteiger partial charge in [0.25, 0.3) is 0 Å². The van der Waals surface area contributed by atoms with E-state index in [1.54, 1.807) is 0 Å². The summed E-state index contributed by atoms with van der Waals surface area (Å²) in [6.07, 6.45) is 1.34. The lowest BCUT2D eigenvalue weighted by atomic mass is 9.58. The van der Waals surface area contributed by atoms with E-state index in [2.05, 4.69) is 17.6 Å². The highest BCUT2D eigenvalue weighted by molar-refractivity contribution is 5.89. The van der Waals surface area contributed by atoms with Gasteiger partial charge in [0.15, 0.2) is 18.2 Å². The Morgan fingerprint density at radius 1 is 0.896 bits per heavy atom. The van der Waals surface area contributed by atoms with E-state index in [4.69, 9.17) is 33.5 Å². The Kier molecular flexibility index (Phi) is 10.4. The molecule has 1 spiro atoms. The summed E-state index contributed by atoms with van der Waals surface area (Å²) in [4.78, 5) is 51.6. The molecule has 4 aliphatic heterocycles. The summed E-state index contributed by atoms with van der Waals surface area (Å²) in [7, 11) is 1.26. The van der Waals surface area contributed by atoms with E-state index in [9.17, 15) is 14.4 Å². The second kappa shape index (κ2) is 14.5. The summed E-state index contributed by atoms with van der Waals surface area (Å²) >= 11 is 0. The van der Waals surface area contributed by atoms with Crippen LogP contribution in [0.3, 0.4) is 0 Å². The second-order valence-electron chi connectivity index (χ2n) is 13.6. The number of alkyl carbamates (subject to hydrolysis) is 1. The number of fused-ring (bicyclic) bond motifs is 2. The van der Waals surface area contributed by atoms with Gasteiger partial charge in [-0.15, -0.1) is 0 Å². The molecule has 0 radical (unpaired) electrons. The van der Waals surface area contributed by atoms with Gasteiger partial charge in [0, 0.05) is 24.7 Å². The van der Waals surface area contributed by atoms with E-state index in [0.29, 0.717) is 12.3 Å². The molecule has 2 aromatic carbocycles. The number of esters is 1. The number of amides is 2. The monoisotopic (exact) mass is 666 g/mol. The van der Waals surface area contributed by atoms with Crippen LogP contribution in [0.5, 0.6) is 0 Å². The van der Waals surface area contributed by atoms with Gasteiger partial charge in [-0.25, -0.2) is 19.4 Å². The third-order valence-corrected chi connectivity index (χ3v) is 10.4. The van der Waals surface area contributed by atoms with E-state index < -0.39 is 54.0 Å². The Balaban J connectivity index is 1.18. The smallest absolute Gasteiger partial charge is 0.408 e. The zero-order chi connectivity index (χ0) is 33.9. The fourth-order valence-corrected chi connectivity index (χ4v) is 7.80. The van der Waals surface area contributed by atoms with E-state index in [0.717, 1.165) is 30.4 Å². The Morgan fingerprint density at radius 2 is 1.60 bits per heavy atom. The summed E-state index contributed by atoms with van der Waals surface area (Å²) in [6, 6.07) is 16.2. The van der Waals surface area contributed by atoms with Crippen LogP contribution in [0.4, 0.5) is 4.79 Å². The van der Waals surface area contributed by atoms with E-state index in [1.807, 2.05) is 74.5 Å². The topological polar surface area (TPSA) is 140 Å². The second-order valence-corrected chi connectivity index (χ2v) is 13.6. The quantitative estimate of drug-likeness (QED) is 0.262. The van der Waals surface area contributed by atoms with Crippen molar-refractivity contribution in [3.63, 3.8) is 0 Å². The first-order valence-electron chi connectivity index (χ1n) is 16.8. The highest BCUT2D eigenvalue weighted by Crippen LogP contribution is 2.60. The molecule has 7 rings (SSSR count). The van der Waals surface area contributed by atoms with Crippen molar-refractivity contribution in [2.75, 3.05) is 13.7 Å². The molecule has 0 aromatic heterocycles. The van der Waals surface area contributed by atoms with Gasteiger partial charge in [-0.1, -0.05) is 74.5 Å². The zero-order valence-corrected chi connectivity index (χ0v) is 27.9. The maximum absolute atomic E-state index is 13.8. The molecule has 2 bridgehead atoms. The van der Waals surface area contributed by atoms with Crippen LogP contribution in [0.2, 0.25) is 0 Å². The molecule has 5 fully saturated rings. The molecule has 12 nitrogen and oxygen atoms in total. The highest BCUT2D eigenvalue weighted by Gasteiger charge is 2.69. The van der Waals surface area contributed by atoms with E-state index >= 15 is 0 Å². The summed E-state index contributed by atoms with van der Waals surface area (Å²) in [5.74, 6) is -1.76. The lowest BCUT2D eigenvalue weighted by Crippen LogP contribution is -2.70. The number of nitrogens with one attached hydrogen (secondary N) is 2. The molecule has 1 saturated carbocycles. The molecule has 5 aliphatic rings. The third-order valence-electron chi connectivity index (χ3n) is 10.4. The van der Waals surface area contributed by atoms with Crippen molar-refractivity contribution in [2.45, 2.75) is 95.5 Å². The average molecular weight is 667 g/mol. The zero-order valence-electron chi connectivity index (χ0n) is 27.9. The number of benzene rings is 2. The van der Waals surface area contributed by atoms with Gasteiger partial charge >= 0.3 is 12.1 Å². The lowest BCUT2D eigenvalue weighted by Gasteiger charge is -2.60. The van der Waals surface area contributed by atoms with Crippen molar-refractivity contribution in [3.05, 3.63) is 71.8 Å². The predicted octanol–water partition coefficient (Wildman–Crippen LogP) is 4.41. The Morgan fingerprint density at radius 3 is 2.31 bits per heavy atom. The molecular weight excluding hydrogens is 620 g/mol. The number of carbonyl (C=O) groups is 3. The SMILES string of the molecule is COC(=O)[C@H](Cc1ccccc1)NC(=O)[C@H](CO[C@H]1O[C@@H]2O[C@@]3(C)CC[C@H]4[C@H](C)CC[C@@H]([C@H]1C)[C@@]24OO3)NC(=O)OCc1ccccc1. The number of hydrogen-bond acceptors (Lipinski definition) is 10. The molecule has 4 saturated heterocycles. The fourth-order valence-electron chi connectivity index (χ4n) is 7.80. The molecule has 2 amide bonds. The van der Waals surface area contributed by atoms with Crippen LogP contribution in [0.1, 0.15) is 57.6 Å². The van der Waals surface area contributed by atoms with Crippen LogP contribution in [-0.4, -0.2) is 67.7 Å². The maximum Gasteiger partial charge on any atom is 0.408 e. The standard InChI is InChI=1S/C36H46N2O10/c1-22-15-16-27-23(2)32(45-33-36(27)26(22)17-18-35(3,46-33)47-48-36)43-21-29(38-34(41)44-20-25-13-9-6-10-14-25)30(39)37-28(31(40)42-4)19-24-11-7-5-8-12-24/h5-14,22-23,26-29,32-33H,15-21H2,1-4H3,(H,37,39)(H,38,41)/t22-,23-,26+,27+,28+,29+,32+,33-,35-,36-/m1/s1. The van der Waals surface area contributed by atoms with Gasteiger partial charge in [0.1, 0.15) is 18.7 Å². The minimum absolute atomic E-state index is 0.00659. The van der Waals surface area contributed by atoms with Crippen molar-refractivity contribution in [1.29, 1.82) is 0 Å². The van der Waals surface area contributed by atoms with Crippen molar-refractivity contribution in [1.82, 2.24) is 10.6 Å². The molecule has 4 heterocycles. The number of carbonyl (C=O) groups excluding carboxylic acids is 3. The lowest BCUT2D eigenvalue weighted by molar-refractivity contribution is -0.577. The van der Waals surface area contributed by atoms with Crippen molar-refractivity contribution < 1.29 is 47.8 Å². The summed E-state index contributed by atoms with van der Waals surface area (Å²) in [6.45, 7) is 5.88. The van der Waals surface area contributed by atoms with Crippen molar-refractivity contribution in [3.8, 4) is 0 Å². The van der Waals surface area contributed by atoms with Crippen LogP contribution < -0.4 is 10.6 Å². The maximum atomic E-state index is 13.8. The minimum atomic E-state index is -1.23. The van der Waals surface area contributed by atoms with Crippen LogP contribution in [0.15, 0.2) is 60.7 Å². The van der Waals surface area contributed by atoms with Gasteiger partial charge in [-0.05, 0) is 49.1 Å². The number of rotatable bonds is 11. The molecule has 2 aromatic rings. The molecule has 0 unspecified atom stereocenters. The summed E-state index contributed by atoms with van der Waals surface area (Å²) in [5.41, 5.74) is 0.843. The van der Waals surface area contributed by atoms with Crippen LogP contribution in [0, 0.1) is 23.7 Å². The molecular formula is C36H46N2O10. The van der Waals surface area contributed by atoms with Gasteiger partial charge in [0.05, 0.1) is 13.7 Å². The Hall–Kier alpha value is -3.55. The largest absolute Gasteiger partial charge is 0.467 e. The first-order valence-corrected chi connectivity index (χ1v) is 16.8. The Bertz CT molecular complexity index is 1430. The van der Waals surface area contributed by atoms with Crippen molar-refractivity contribution >= 4 is 18.0 Å². The van der Waals surface area contributed by atoms with Gasteiger partial charge in [-0.3, -0.25) is 4.79 Å². The average Bonchev–Trinajstić information content (AvgIpc) is 3.33. The fraction of sp³-hybridized carbons (Fsp3) is 0.583. The molecule has 48 heavy (non-hydrogen) atoms. The van der Waals surface area contributed by atoms with Gasteiger partial charge < -0.3 is 34.3 Å².